The number of hydrogen-bond donors (Lipinski definition) is 0. The van der Waals surface area contributed by atoms with Gasteiger partial charge in [0.2, 0.25) is 0 Å². The summed E-state index contributed by atoms with van der Waals surface area (Å²) in [6, 6.07) is 9.18. The van der Waals surface area contributed by atoms with Crippen LogP contribution >= 0.6 is 0 Å². The zero-order valence-electron chi connectivity index (χ0n) is 8.60. The minimum absolute atomic E-state index is 0.373. The van der Waals surface area contributed by atoms with Gasteiger partial charge in [-0.2, -0.15) is 4.85 Å². The van der Waals surface area contributed by atoms with Crippen LogP contribution in [0.3, 0.4) is 0 Å². The third kappa shape index (κ3) is 1.34. The molecule has 2 aromatic rings. The van der Waals surface area contributed by atoms with E-state index in [0.717, 1.165) is 11.1 Å². The Kier molecular flexibility index (Phi) is 2.11. The van der Waals surface area contributed by atoms with Crippen LogP contribution in [0.2, 0.25) is 0 Å². The summed E-state index contributed by atoms with van der Waals surface area (Å²) in [5, 5.41) is 22.9. The van der Waals surface area contributed by atoms with Gasteiger partial charge in [0.15, 0.2) is 0 Å². The van der Waals surface area contributed by atoms with E-state index in [4.69, 9.17) is 0 Å². The van der Waals surface area contributed by atoms with Gasteiger partial charge in [-0.1, -0.05) is 23.0 Å². The first-order chi connectivity index (χ1) is 7.13. The molecule has 4 heteroatoms. The molecule has 1 heterocycles. The summed E-state index contributed by atoms with van der Waals surface area (Å²) in [6.07, 6.45) is 0. The molecule has 0 saturated carbocycles. The van der Waals surface area contributed by atoms with Gasteiger partial charge in [0, 0.05) is 5.56 Å². The van der Waals surface area contributed by atoms with Gasteiger partial charge in [0.05, 0.1) is 11.3 Å². The second-order valence-corrected chi connectivity index (χ2v) is 3.47. The Balaban J connectivity index is 2.69. The SMILES string of the molecule is Cc1c(C)n([O-])[n+]([O-])c1-c1ccccc1. The Labute approximate surface area is 87.5 Å². The Hall–Kier alpha value is -1.97. The molecule has 1 aromatic heterocycles. The van der Waals surface area contributed by atoms with E-state index < -0.39 is 0 Å². The van der Waals surface area contributed by atoms with Crippen molar-refractivity contribution in [2.45, 2.75) is 13.8 Å². The molecular weight excluding hydrogens is 192 g/mol. The third-order valence-corrected chi connectivity index (χ3v) is 2.59. The van der Waals surface area contributed by atoms with Crippen molar-refractivity contribution in [2.24, 2.45) is 0 Å². The zero-order valence-corrected chi connectivity index (χ0v) is 8.60. The number of aromatic nitrogens is 2. The first kappa shape index (κ1) is 9.58. The van der Waals surface area contributed by atoms with Crippen LogP contribution in [0.5, 0.6) is 0 Å². The Morgan fingerprint density at radius 1 is 1.13 bits per heavy atom. The van der Waals surface area contributed by atoms with Crippen LogP contribution in [0.1, 0.15) is 11.3 Å². The number of nitrogens with zero attached hydrogens (tertiary/aromatic N) is 2. The number of benzene rings is 1. The predicted molar refractivity (Wildman–Crippen MR) is 57.1 cm³/mol. The second kappa shape index (κ2) is 3.31. The van der Waals surface area contributed by atoms with Crippen molar-refractivity contribution >= 4 is 0 Å². The number of hydrogen-bond acceptors (Lipinski definition) is 2. The normalized spacial score (nSPS) is 10.5. The van der Waals surface area contributed by atoms with Crippen LogP contribution in [-0.4, -0.2) is 4.85 Å². The molecule has 0 fully saturated rings. The van der Waals surface area contributed by atoms with Crippen molar-refractivity contribution in [1.29, 1.82) is 0 Å². The van der Waals surface area contributed by atoms with E-state index in [1.165, 1.54) is 0 Å². The lowest BCUT2D eigenvalue weighted by Gasteiger charge is -2.07. The van der Waals surface area contributed by atoms with Crippen molar-refractivity contribution in [3.8, 4) is 11.3 Å². The van der Waals surface area contributed by atoms with Crippen molar-refractivity contribution in [2.75, 3.05) is 0 Å². The molecule has 1 aromatic carbocycles. The van der Waals surface area contributed by atoms with Crippen molar-refractivity contribution in [3.63, 3.8) is 0 Å². The number of rotatable bonds is 1. The first-order valence-corrected chi connectivity index (χ1v) is 4.67. The van der Waals surface area contributed by atoms with Gasteiger partial charge in [-0.05, 0) is 26.0 Å². The summed E-state index contributed by atoms with van der Waals surface area (Å²) >= 11 is 0. The maximum Gasteiger partial charge on any atom is 0.254 e. The smallest absolute Gasteiger partial charge is 0.254 e. The molecule has 2 rings (SSSR count). The summed E-state index contributed by atoms with van der Waals surface area (Å²) in [5.41, 5.74) is 2.38. The molecule has 0 aliphatic carbocycles. The summed E-state index contributed by atoms with van der Waals surface area (Å²) in [5.74, 6) is 0. The Morgan fingerprint density at radius 3 is 2.20 bits per heavy atom. The largest absolute Gasteiger partial charge is 0.758 e. The van der Waals surface area contributed by atoms with Gasteiger partial charge in [-0.3, -0.25) is 0 Å². The maximum atomic E-state index is 11.6. The fraction of sp³-hybridized carbons (Fsp3) is 0.182. The zero-order chi connectivity index (χ0) is 11.0. The van der Waals surface area contributed by atoms with Crippen LogP contribution in [-0.2, 0) is 0 Å². The van der Waals surface area contributed by atoms with E-state index >= 15 is 0 Å². The standard InChI is InChI=1S/C11H11N2O2/c1-8-9(2)12(14)13(15)11(8)10-6-4-3-5-7-10/h3-7H,1-2H3/q-1. The molecule has 0 amide bonds. The maximum absolute atomic E-state index is 11.6. The van der Waals surface area contributed by atoms with E-state index in [-0.39, 0.29) is 0 Å². The van der Waals surface area contributed by atoms with Crippen molar-refractivity contribution < 1.29 is 4.85 Å². The summed E-state index contributed by atoms with van der Waals surface area (Å²) in [6.45, 7) is 3.42. The van der Waals surface area contributed by atoms with E-state index in [0.29, 0.717) is 21.1 Å². The monoisotopic (exact) mass is 203 g/mol. The molecule has 0 aliphatic heterocycles. The van der Waals surface area contributed by atoms with Gasteiger partial charge < -0.3 is 10.4 Å². The Morgan fingerprint density at radius 2 is 1.73 bits per heavy atom. The Bertz CT molecular complexity index is 464. The average Bonchev–Trinajstić information content (AvgIpc) is 2.45. The lowest BCUT2D eigenvalue weighted by molar-refractivity contribution is -0.674. The van der Waals surface area contributed by atoms with Crippen molar-refractivity contribution in [3.05, 3.63) is 52.0 Å². The highest BCUT2D eigenvalue weighted by molar-refractivity contribution is 5.60. The lowest BCUT2D eigenvalue weighted by Crippen LogP contribution is -2.36. The van der Waals surface area contributed by atoms with E-state index in [2.05, 4.69) is 0 Å². The van der Waals surface area contributed by atoms with Crippen LogP contribution in [0.15, 0.2) is 30.3 Å². The third-order valence-electron chi connectivity index (χ3n) is 2.59. The van der Waals surface area contributed by atoms with Gasteiger partial charge >= 0.3 is 0 Å². The molecule has 0 unspecified atom stereocenters. The molecule has 4 nitrogen and oxygen atoms in total. The molecule has 0 aliphatic rings. The fourth-order valence-corrected chi connectivity index (χ4v) is 1.61. The van der Waals surface area contributed by atoms with E-state index in [1.54, 1.807) is 13.8 Å². The summed E-state index contributed by atoms with van der Waals surface area (Å²) < 4.78 is 0. The van der Waals surface area contributed by atoms with Gasteiger partial charge in [-0.25, -0.2) is 0 Å². The van der Waals surface area contributed by atoms with Crippen LogP contribution in [0.4, 0.5) is 0 Å². The molecule has 0 bridgehead atoms. The van der Waals surface area contributed by atoms with Crippen molar-refractivity contribution in [1.82, 2.24) is 4.85 Å². The first-order valence-electron chi connectivity index (χ1n) is 4.67. The molecule has 0 spiro atoms. The predicted octanol–water partition coefficient (Wildman–Crippen LogP) is 1.75. The molecule has 0 N–H and O–H groups in total. The molecule has 78 valence electrons. The van der Waals surface area contributed by atoms with Crippen LogP contribution in [0.25, 0.3) is 11.3 Å². The summed E-state index contributed by atoms with van der Waals surface area (Å²) in [7, 11) is 0. The average molecular weight is 203 g/mol. The van der Waals surface area contributed by atoms with Gasteiger partial charge in [0.1, 0.15) is 0 Å². The lowest BCUT2D eigenvalue weighted by atomic mass is 10.1. The minimum Gasteiger partial charge on any atom is -0.758 e. The molecular formula is C11H11N2O2-. The highest BCUT2D eigenvalue weighted by Gasteiger charge is 2.19. The highest BCUT2D eigenvalue weighted by Crippen LogP contribution is 2.21. The molecule has 0 saturated heterocycles. The van der Waals surface area contributed by atoms with Crippen LogP contribution < -0.4 is 4.85 Å². The van der Waals surface area contributed by atoms with E-state index in [1.807, 2.05) is 30.3 Å². The topological polar surface area (TPSA) is 54.9 Å². The van der Waals surface area contributed by atoms with Gasteiger partial charge in [0.25, 0.3) is 5.69 Å². The quantitative estimate of drug-likeness (QED) is 0.523. The van der Waals surface area contributed by atoms with Gasteiger partial charge in [-0.15, -0.1) is 0 Å². The summed E-state index contributed by atoms with van der Waals surface area (Å²) in [4.78, 5) is 0.762. The molecule has 15 heavy (non-hydrogen) atoms. The second-order valence-electron chi connectivity index (χ2n) is 3.47. The van der Waals surface area contributed by atoms with Crippen LogP contribution in [0, 0.1) is 24.3 Å². The molecule has 0 radical (unpaired) electrons. The van der Waals surface area contributed by atoms with E-state index in [9.17, 15) is 10.4 Å². The highest BCUT2D eigenvalue weighted by atomic mass is 16.6. The molecule has 0 atom stereocenters. The fourth-order valence-electron chi connectivity index (χ4n) is 1.61. The minimum atomic E-state index is 0.373.